The van der Waals surface area contributed by atoms with Crippen LogP contribution >= 0.6 is 0 Å². The van der Waals surface area contributed by atoms with E-state index in [1.807, 2.05) is 38.4 Å². The summed E-state index contributed by atoms with van der Waals surface area (Å²) in [5, 5.41) is 9.08. The normalized spacial score (nSPS) is 24.1. The van der Waals surface area contributed by atoms with Gasteiger partial charge in [-0.2, -0.15) is 5.26 Å². The van der Waals surface area contributed by atoms with Crippen LogP contribution in [-0.4, -0.2) is 25.6 Å². The van der Waals surface area contributed by atoms with Crippen molar-refractivity contribution in [2.75, 3.05) is 20.7 Å². The van der Waals surface area contributed by atoms with Gasteiger partial charge in [-0.1, -0.05) is 18.2 Å². The number of nitrogens with zero attached hydrogens (tertiary/aromatic N) is 2. The minimum Gasteiger partial charge on any atom is -0.492 e. The highest BCUT2D eigenvalue weighted by Gasteiger charge is 2.32. The highest BCUT2D eigenvalue weighted by molar-refractivity contribution is 5.39. The zero-order chi connectivity index (χ0) is 10.8. The largest absolute Gasteiger partial charge is 0.492 e. The van der Waals surface area contributed by atoms with Crippen LogP contribution in [0, 0.1) is 17.2 Å². The van der Waals surface area contributed by atoms with Crippen molar-refractivity contribution < 1.29 is 4.74 Å². The first-order chi connectivity index (χ1) is 7.24. The molecule has 0 saturated carbocycles. The van der Waals surface area contributed by atoms with Gasteiger partial charge in [-0.3, -0.25) is 0 Å². The molecule has 0 N–H and O–H groups in total. The van der Waals surface area contributed by atoms with Crippen LogP contribution in [0.2, 0.25) is 0 Å². The Hall–Kier alpha value is -1.53. The summed E-state index contributed by atoms with van der Waals surface area (Å²) in [4.78, 5) is 2.08. The Kier molecular flexibility index (Phi) is 2.61. The molecule has 0 amide bonds. The third-order valence-corrected chi connectivity index (χ3v) is 2.76. The van der Waals surface area contributed by atoms with Crippen LogP contribution in [0.15, 0.2) is 24.3 Å². The Morgan fingerprint density at radius 2 is 2.13 bits per heavy atom. The number of nitriles is 1. The first-order valence-corrected chi connectivity index (χ1v) is 5.02. The van der Waals surface area contributed by atoms with Gasteiger partial charge in [0.15, 0.2) is 0 Å². The molecule has 78 valence electrons. The molecule has 0 bridgehead atoms. The summed E-state index contributed by atoms with van der Waals surface area (Å²) in [6, 6.07) is 10.4. The predicted octanol–water partition coefficient (Wildman–Crippen LogP) is 1.82. The molecular formula is C12H14N2O. The second kappa shape index (κ2) is 3.92. The Morgan fingerprint density at radius 1 is 1.40 bits per heavy atom. The van der Waals surface area contributed by atoms with Crippen LogP contribution in [0.4, 0.5) is 0 Å². The average Bonchev–Trinajstić information content (AvgIpc) is 2.27. The molecular weight excluding hydrogens is 188 g/mol. The molecule has 0 aromatic heterocycles. The van der Waals surface area contributed by atoms with Crippen LogP contribution in [0.3, 0.4) is 0 Å². The fourth-order valence-electron chi connectivity index (χ4n) is 2.09. The van der Waals surface area contributed by atoms with E-state index in [0.29, 0.717) is 6.61 Å². The first kappa shape index (κ1) is 10.0. The average molecular weight is 202 g/mol. The van der Waals surface area contributed by atoms with Crippen molar-refractivity contribution in [2.24, 2.45) is 5.92 Å². The van der Waals surface area contributed by atoms with Gasteiger partial charge in [0.2, 0.25) is 0 Å². The van der Waals surface area contributed by atoms with Gasteiger partial charge in [0.05, 0.1) is 12.1 Å². The molecule has 2 atom stereocenters. The summed E-state index contributed by atoms with van der Waals surface area (Å²) in [6.45, 7) is 0.482. The summed E-state index contributed by atoms with van der Waals surface area (Å²) in [6.07, 6.45) is 0. The third-order valence-electron chi connectivity index (χ3n) is 2.76. The molecule has 3 nitrogen and oxygen atoms in total. The van der Waals surface area contributed by atoms with Crippen LogP contribution < -0.4 is 4.74 Å². The molecule has 0 spiro atoms. The maximum atomic E-state index is 9.08. The maximum absolute atomic E-state index is 9.08. The second-order valence-electron chi connectivity index (χ2n) is 3.99. The number of fused-ring (bicyclic) bond motifs is 1. The number of hydrogen-bond acceptors (Lipinski definition) is 3. The first-order valence-electron chi connectivity index (χ1n) is 5.02. The molecule has 1 aromatic rings. The number of rotatable bonds is 1. The van der Waals surface area contributed by atoms with E-state index < -0.39 is 0 Å². The Balaban J connectivity index is 2.44. The number of hydrogen-bond donors (Lipinski definition) is 0. The van der Waals surface area contributed by atoms with Crippen LogP contribution in [-0.2, 0) is 0 Å². The minimum absolute atomic E-state index is 0.0881. The molecule has 0 saturated heterocycles. The second-order valence-corrected chi connectivity index (χ2v) is 3.99. The standard InChI is InChI=1S/C12H14N2O/c1-14(2)12-9(7-13)8-15-11-6-4-3-5-10(11)12/h3-6,9,12H,8H2,1-2H3. The van der Waals surface area contributed by atoms with Gasteiger partial charge in [-0.15, -0.1) is 0 Å². The lowest BCUT2D eigenvalue weighted by atomic mass is 9.91. The monoisotopic (exact) mass is 202 g/mol. The Bertz CT molecular complexity index is 395. The predicted molar refractivity (Wildman–Crippen MR) is 57.5 cm³/mol. The fourth-order valence-corrected chi connectivity index (χ4v) is 2.09. The quantitative estimate of drug-likeness (QED) is 0.697. The van der Waals surface area contributed by atoms with Crippen molar-refractivity contribution in [3.63, 3.8) is 0 Å². The van der Waals surface area contributed by atoms with Crippen molar-refractivity contribution >= 4 is 0 Å². The summed E-state index contributed by atoms with van der Waals surface area (Å²) >= 11 is 0. The van der Waals surface area contributed by atoms with Crippen molar-refractivity contribution in [1.29, 1.82) is 5.26 Å². The lowest BCUT2D eigenvalue weighted by Gasteiger charge is -2.34. The van der Waals surface area contributed by atoms with Gasteiger partial charge in [-0.25, -0.2) is 0 Å². The van der Waals surface area contributed by atoms with Crippen molar-refractivity contribution in [1.82, 2.24) is 4.90 Å². The Morgan fingerprint density at radius 3 is 2.80 bits per heavy atom. The SMILES string of the molecule is CN(C)C1c2ccccc2OCC1C#N. The summed E-state index contributed by atoms with van der Waals surface area (Å²) in [7, 11) is 3.99. The molecule has 2 rings (SSSR count). The summed E-state index contributed by atoms with van der Waals surface area (Å²) in [5.41, 5.74) is 1.11. The van der Waals surface area contributed by atoms with Crippen molar-refractivity contribution in [3.05, 3.63) is 29.8 Å². The van der Waals surface area contributed by atoms with E-state index in [0.717, 1.165) is 11.3 Å². The van der Waals surface area contributed by atoms with E-state index in [1.165, 1.54) is 0 Å². The molecule has 1 aliphatic heterocycles. The molecule has 1 aliphatic rings. The smallest absolute Gasteiger partial charge is 0.124 e. The zero-order valence-corrected chi connectivity index (χ0v) is 8.97. The highest BCUT2D eigenvalue weighted by atomic mass is 16.5. The lowest BCUT2D eigenvalue weighted by molar-refractivity contribution is 0.148. The van der Waals surface area contributed by atoms with Gasteiger partial charge >= 0.3 is 0 Å². The molecule has 3 heteroatoms. The topological polar surface area (TPSA) is 36.3 Å². The molecule has 2 unspecified atom stereocenters. The zero-order valence-electron chi connectivity index (χ0n) is 8.97. The molecule has 1 heterocycles. The van der Waals surface area contributed by atoms with E-state index in [9.17, 15) is 0 Å². The van der Waals surface area contributed by atoms with E-state index in [2.05, 4.69) is 11.0 Å². The fraction of sp³-hybridized carbons (Fsp3) is 0.417. The number of ether oxygens (including phenoxy) is 1. The van der Waals surface area contributed by atoms with Crippen molar-refractivity contribution in [2.45, 2.75) is 6.04 Å². The molecule has 0 radical (unpaired) electrons. The van der Waals surface area contributed by atoms with Gasteiger partial charge in [0.25, 0.3) is 0 Å². The summed E-state index contributed by atoms with van der Waals surface area (Å²) in [5.74, 6) is 0.817. The van der Waals surface area contributed by atoms with Gasteiger partial charge < -0.3 is 9.64 Å². The van der Waals surface area contributed by atoms with Crippen molar-refractivity contribution in [3.8, 4) is 11.8 Å². The number of para-hydroxylation sites is 1. The molecule has 1 aromatic carbocycles. The van der Waals surface area contributed by atoms with Crippen LogP contribution in [0.5, 0.6) is 5.75 Å². The van der Waals surface area contributed by atoms with E-state index >= 15 is 0 Å². The molecule has 0 fully saturated rings. The van der Waals surface area contributed by atoms with Crippen LogP contribution in [0.1, 0.15) is 11.6 Å². The van der Waals surface area contributed by atoms with E-state index in [4.69, 9.17) is 10.00 Å². The third kappa shape index (κ3) is 1.69. The van der Waals surface area contributed by atoms with Gasteiger partial charge in [0, 0.05) is 5.56 Å². The highest BCUT2D eigenvalue weighted by Crippen LogP contribution is 2.37. The molecule has 15 heavy (non-hydrogen) atoms. The lowest BCUT2D eigenvalue weighted by Crippen LogP contribution is -2.34. The summed E-state index contributed by atoms with van der Waals surface area (Å²) < 4.78 is 5.56. The van der Waals surface area contributed by atoms with Crippen LogP contribution in [0.25, 0.3) is 0 Å². The minimum atomic E-state index is -0.0881. The number of benzene rings is 1. The van der Waals surface area contributed by atoms with E-state index in [-0.39, 0.29) is 12.0 Å². The van der Waals surface area contributed by atoms with Gasteiger partial charge in [0.1, 0.15) is 18.3 Å². The molecule has 0 aliphatic carbocycles. The van der Waals surface area contributed by atoms with E-state index in [1.54, 1.807) is 0 Å². The Labute approximate surface area is 89.9 Å². The maximum Gasteiger partial charge on any atom is 0.124 e. The van der Waals surface area contributed by atoms with Gasteiger partial charge in [-0.05, 0) is 20.2 Å².